The van der Waals surface area contributed by atoms with Gasteiger partial charge in [-0.3, -0.25) is 0 Å². The molecule has 87 heavy (non-hydrogen) atoms. The molecule has 5 heteroatoms. The number of unbranched alkanes of at least 4 members (excludes halogenated alkanes) is 33. The molecule has 0 radical (unpaired) electrons. The third kappa shape index (κ3) is 19.7. The summed E-state index contributed by atoms with van der Waals surface area (Å²) >= 11 is 4.95. The fourth-order valence-corrected chi connectivity index (χ4v) is 14.9. The van der Waals surface area contributed by atoms with Crippen LogP contribution in [0.2, 0.25) is 0 Å². The summed E-state index contributed by atoms with van der Waals surface area (Å²) in [5.41, 5.74) is 12.1. The van der Waals surface area contributed by atoms with Crippen LogP contribution in [0.5, 0.6) is 0 Å². The van der Waals surface area contributed by atoms with Crippen molar-refractivity contribution in [3.05, 3.63) is 139 Å². The molecule has 462 valence electrons. The normalized spacial score (nSPS) is 11.7. The second kappa shape index (κ2) is 36.8. The first kappa shape index (κ1) is 66.7. The first-order valence-electron chi connectivity index (χ1n) is 35.5. The van der Waals surface area contributed by atoms with Crippen molar-refractivity contribution >= 4 is 111 Å². The Kier molecular flexibility index (Phi) is 28.2. The van der Waals surface area contributed by atoms with Crippen molar-refractivity contribution in [1.29, 1.82) is 0 Å². The molecule has 0 aliphatic rings. The number of aromatic nitrogens is 3. The maximum Gasteiger partial charge on any atom is 0.0492 e. The van der Waals surface area contributed by atoms with Gasteiger partial charge in [-0.05, 0) is 174 Å². The smallest absolute Gasteiger partial charge is 0.0492 e. The number of halogens is 2. The minimum absolute atomic E-state index is 1.02. The molecular weight excluding hydrogens is 1280 g/mol. The zero-order chi connectivity index (χ0) is 60.3. The van der Waals surface area contributed by atoms with Crippen LogP contribution >= 0.6 is 45.2 Å². The molecule has 0 aliphatic carbocycles. The van der Waals surface area contributed by atoms with Crippen LogP contribution in [0.1, 0.15) is 274 Å². The Morgan fingerprint density at radius 3 is 0.632 bits per heavy atom. The summed E-state index contributed by atoms with van der Waals surface area (Å²) in [7, 11) is 0. The monoisotopic (exact) mass is 1390 g/mol. The van der Waals surface area contributed by atoms with Crippen LogP contribution < -0.4 is 0 Å². The molecule has 0 N–H and O–H groups in total. The van der Waals surface area contributed by atoms with E-state index in [0.717, 1.165) is 41.9 Å². The molecule has 3 heterocycles. The highest BCUT2D eigenvalue weighted by molar-refractivity contribution is 14.1. The summed E-state index contributed by atoms with van der Waals surface area (Å²) in [6.45, 7) is 10.1. The average Bonchev–Trinajstić information content (AvgIpc) is 1.88. The number of benzene rings is 6. The lowest BCUT2D eigenvalue weighted by molar-refractivity contribution is 0.533. The quantitative estimate of drug-likeness (QED) is 0.0207. The molecule has 0 bridgehead atoms. The lowest BCUT2D eigenvalue weighted by Crippen LogP contribution is -1.98. The average molecular weight is 1390 g/mol. The largest absolute Gasteiger partial charge is 0.340 e. The number of rotatable bonds is 39. The van der Waals surface area contributed by atoms with Gasteiger partial charge in [0.2, 0.25) is 0 Å². The Morgan fingerprint density at radius 1 is 0.230 bits per heavy atom. The van der Waals surface area contributed by atoms with Crippen molar-refractivity contribution in [3.8, 4) is 23.7 Å². The van der Waals surface area contributed by atoms with Crippen molar-refractivity contribution < 1.29 is 0 Å². The molecule has 0 spiro atoms. The minimum Gasteiger partial charge on any atom is -0.340 e. The van der Waals surface area contributed by atoms with Gasteiger partial charge in [-0.25, -0.2) is 0 Å². The van der Waals surface area contributed by atoms with Gasteiger partial charge in [-0.15, -0.1) is 0 Å². The van der Waals surface area contributed by atoms with E-state index in [2.05, 4.69) is 213 Å². The second-order valence-electron chi connectivity index (χ2n) is 25.9. The van der Waals surface area contributed by atoms with Gasteiger partial charge in [0, 0.05) is 114 Å². The Morgan fingerprint density at radius 2 is 0.414 bits per heavy atom. The maximum absolute atomic E-state index is 3.66. The molecule has 0 aliphatic heterocycles. The number of hydrogen-bond donors (Lipinski definition) is 0. The van der Waals surface area contributed by atoms with Crippen molar-refractivity contribution in [1.82, 2.24) is 13.7 Å². The highest BCUT2D eigenvalue weighted by Gasteiger charge is 2.16. The molecule has 6 aromatic carbocycles. The van der Waals surface area contributed by atoms with Gasteiger partial charge < -0.3 is 13.7 Å². The van der Waals surface area contributed by atoms with E-state index in [1.54, 1.807) is 0 Å². The van der Waals surface area contributed by atoms with Crippen LogP contribution in [-0.4, -0.2) is 13.7 Å². The van der Waals surface area contributed by atoms with E-state index in [-0.39, 0.29) is 0 Å². The van der Waals surface area contributed by atoms with Gasteiger partial charge in [0.15, 0.2) is 0 Å². The third-order valence-corrected chi connectivity index (χ3v) is 20.3. The van der Waals surface area contributed by atoms with Crippen LogP contribution in [0, 0.1) is 30.8 Å². The van der Waals surface area contributed by atoms with Crippen LogP contribution in [0.4, 0.5) is 0 Å². The number of hydrogen-bond acceptors (Lipinski definition) is 0. The summed E-state index contributed by atoms with van der Waals surface area (Å²) in [4.78, 5) is 0. The van der Waals surface area contributed by atoms with Gasteiger partial charge in [0.25, 0.3) is 0 Å². The SMILES string of the molecule is CCCCCCCCCCCCCCn1c2ccc(I)cc2c2cc(C#Cc3ccc4c(c3)c3cc(C#Cc5ccc6c(c5)c5cc(I)ccc5n6CCCCCCCCCCCCCC)ccc3n4CCCCCCCCCCCCCC)ccc21. The van der Waals surface area contributed by atoms with Crippen molar-refractivity contribution in [3.63, 3.8) is 0 Å². The Hall–Kier alpha value is -4.70. The number of fused-ring (bicyclic) bond motifs is 9. The van der Waals surface area contributed by atoms with Crippen molar-refractivity contribution in [2.24, 2.45) is 0 Å². The Bertz CT molecular complexity index is 3460. The molecule has 3 nitrogen and oxygen atoms in total. The molecule has 9 rings (SSSR count). The van der Waals surface area contributed by atoms with Crippen molar-refractivity contribution in [2.45, 2.75) is 272 Å². The standard InChI is InChI=1S/C82H105I2N3/c1-4-7-10-13-16-19-22-25-28-31-34-37-56-85-77-50-44-65(40-42-67-46-52-79-73(61-67)75-63-69(83)48-54-81(75)86(79)57-38-35-32-29-26-23-20-17-14-11-8-5-2)59-71(77)72-60-66(45-51-78(72)85)41-43-68-47-53-80-74(62-68)76-64-70(84)49-55-82(76)87(80)58-39-36-33-30-27-24-21-18-15-12-9-6-3/h44-55,59-64H,4-39,56-58H2,1-3H3. The molecule has 0 amide bonds. The maximum atomic E-state index is 3.66. The molecule has 0 fully saturated rings. The van der Waals surface area contributed by atoms with Gasteiger partial charge in [0.1, 0.15) is 0 Å². The van der Waals surface area contributed by atoms with E-state index in [1.165, 1.54) is 304 Å². The second-order valence-corrected chi connectivity index (χ2v) is 28.4. The minimum atomic E-state index is 1.02. The summed E-state index contributed by atoms with van der Waals surface area (Å²) in [5.74, 6) is 14.6. The van der Waals surface area contributed by atoms with E-state index in [4.69, 9.17) is 0 Å². The van der Waals surface area contributed by atoms with Gasteiger partial charge in [0.05, 0.1) is 0 Å². The fraction of sp³-hybridized carbons (Fsp3) is 0.512. The van der Waals surface area contributed by atoms with Gasteiger partial charge in [-0.2, -0.15) is 0 Å². The van der Waals surface area contributed by atoms with E-state index in [1.807, 2.05) is 0 Å². The van der Waals surface area contributed by atoms with E-state index in [0.29, 0.717) is 0 Å². The Balaban J connectivity index is 0.905. The van der Waals surface area contributed by atoms with Crippen LogP contribution in [-0.2, 0) is 19.6 Å². The lowest BCUT2D eigenvalue weighted by atomic mass is 10.1. The third-order valence-electron chi connectivity index (χ3n) is 18.9. The van der Waals surface area contributed by atoms with E-state index in [9.17, 15) is 0 Å². The molecular formula is C82H105I2N3. The molecule has 3 aromatic heterocycles. The van der Waals surface area contributed by atoms with Gasteiger partial charge >= 0.3 is 0 Å². The lowest BCUT2D eigenvalue weighted by Gasteiger charge is -2.08. The first-order chi connectivity index (χ1) is 42.9. The van der Waals surface area contributed by atoms with E-state index < -0.39 is 0 Å². The van der Waals surface area contributed by atoms with Crippen LogP contribution in [0.15, 0.2) is 109 Å². The molecule has 0 saturated heterocycles. The van der Waals surface area contributed by atoms with E-state index >= 15 is 0 Å². The molecule has 0 atom stereocenters. The Labute approximate surface area is 553 Å². The van der Waals surface area contributed by atoms with Crippen LogP contribution in [0.25, 0.3) is 65.4 Å². The highest BCUT2D eigenvalue weighted by Crippen LogP contribution is 2.35. The summed E-state index contributed by atoms with van der Waals surface area (Å²) < 4.78 is 10.3. The van der Waals surface area contributed by atoms with Crippen molar-refractivity contribution in [2.75, 3.05) is 0 Å². The molecule has 9 aromatic rings. The van der Waals surface area contributed by atoms with Crippen LogP contribution in [0.3, 0.4) is 0 Å². The van der Waals surface area contributed by atoms with Gasteiger partial charge in [-0.1, -0.05) is 256 Å². The number of aryl methyl sites for hydroxylation is 3. The zero-order valence-corrected chi connectivity index (χ0v) is 58.4. The topological polar surface area (TPSA) is 14.8 Å². The predicted octanol–water partition coefficient (Wildman–Crippen LogP) is 26.1. The fourth-order valence-electron chi connectivity index (χ4n) is 13.9. The first-order valence-corrected chi connectivity index (χ1v) is 37.6. The number of nitrogens with zero attached hydrogens (tertiary/aromatic N) is 3. The molecule has 0 unspecified atom stereocenters. The highest BCUT2D eigenvalue weighted by atomic mass is 127. The zero-order valence-electron chi connectivity index (χ0n) is 54.1. The predicted molar refractivity (Wildman–Crippen MR) is 399 cm³/mol. The summed E-state index contributed by atoms with van der Waals surface area (Å²) in [6.07, 6.45) is 49.2. The molecule has 0 saturated carbocycles. The summed E-state index contributed by atoms with van der Waals surface area (Å²) in [5, 5.41) is 7.83. The summed E-state index contributed by atoms with van der Waals surface area (Å²) in [6, 6.07) is 41.7.